The molecular weight excluding hydrogens is 231 g/mol. The van der Waals surface area contributed by atoms with Gasteiger partial charge in [-0.25, -0.2) is 9.37 Å². The van der Waals surface area contributed by atoms with Crippen molar-refractivity contribution in [1.82, 2.24) is 4.98 Å². The number of hydrogen-bond donors (Lipinski definition) is 0. The lowest BCUT2D eigenvalue weighted by Gasteiger charge is -2.07. The summed E-state index contributed by atoms with van der Waals surface area (Å²) in [4.78, 5) is 3.86. The summed E-state index contributed by atoms with van der Waals surface area (Å²) in [7, 11) is 0. The van der Waals surface area contributed by atoms with Crippen LogP contribution in [0.3, 0.4) is 0 Å². The Bertz CT molecular complexity index is 605. The average Bonchev–Trinajstić information content (AvgIpc) is 2.40. The minimum atomic E-state index is -0.292. The van der Waals surface area contributed by atoms with Crippen molar-refractivity contribution in [2.24, 2.45) is 0 Å². The zero-order chi connectivity index (χ0) is 13.0. The number of pyridine rings is 1. The number of aryl methyl sites for hydroxylation is 1. The van der Waals surface area contributed by atoms with E-state index >= 15 is 0 Å². The quantitative estimate of drug-likeness (QED) is 0.831. The molecule has 18 heavy (non-hydrogen) atoms. The number of hydrogen-bond acceptors (Lipinski definition) is 3. The van der Waals surface area contributed by atoms with Crippen molar-refractivity contribution in [2.75, 3.05) is 0 Å². The van der Waals surface area contributed by atoms with E-state index in [1.807, 2.05) is 6.07 Å². The Morgan fingerprint density at radius 1 is 1.33 bits per heavy atom. The molecule has 1 aromatic carbocycles. The number of nitriles is 1. The zero-order valence-corrected chi connectivity index (χ0v) is 9.85. The Hall–Kier alpha value is -2.41. The molecule has 0 aliphatic carbocycles. The van der Waals surface area contributed by atoms with Gasteiger partial charge in [-0.2, -0.15) is 5.26 Å². The highest BCUT2D eigenvalue weighted by Crippen LogP contribution is 2.17. The highest BCUT2D eigenvalue weighted by Gasteiger charge is 2.01. The molecule has 0 saturated heterocycles. The maximum Gasteiger partial charge on any atom is 0.140 e. The molecule has 3 nitrogen and oxygen atoms in total. The molecule has 1 aromatic heterocycles. The molecule has 0 N–H and O–H groups in total. The molecule has 0 aliphatic rings. The van der Waals surface area contributed by atoms with Crippen LogP contribution in [-0.4, -0.2) is 4.98 Å². The van der Waals surface area contributed by atoms with Gasteiger partial charge in [0.2, 0.25) is 0 Å². The van der Waals surface area contributed by atoms with Crippen molar-refractivity contribution in [3.05, 3.63) is 59.2 Å². The van der Waals surface area contributed by atoms with Crippen LogP contribution in [0.2, 0.25) is 0 Å². The van der Waals surface area contributed by atoms with Gasteiger partial charge in [0, 0.05) is 12.3 Å². The molecule has 4 heteroatoms. The van der Waals surface area contributed by atoms with Gasteiger partial charge < -0.3 is 4.74 Å². The standard InChI is InChI=1S/C14H11FN2O/c1-10-2-3-13(7-14(10)15)18-9-11-4-5-17-12(6-11)8-16/h2-7H,9H2,1H3. The van der Waals surface area contributed by atoms with Gasteiger partial charge in [-0.1, -0.05) is 6.07 Å². The lowest BCUT2D eigenvalue weighted by Crippen LogP contribution is -1.97. The molecule has 0 fully saturated rings. The van der Waals surface area contributed by atoms with Crippen molar-refractivity contribution in [2.45, 2.75) is 13.5 Å². The third-order valence-electron chi connectivity index (χ3n) is 2.49. The monoisotopic (exact) mass is 242 g/mol. The van der Waals surface area contributed by atoms with Crippen LogP contribution in [0, 0.1) is 24.1 Å². The van der Waals surface area contributed by atoms with Crippen LogP contribution in [0.1, 0.15) is 16.8 Å². The predicted molar refractivity (Wildman–Crippen MR) is 64.4 cm³/mol. The molecule has 2 aromatic rings. The van der Waals surface area contributed by atoms with Crippen molar-refractivity contribution >= 4 is 0 Å². The van der Waals surface area contributed by atoms with Crippen molar-refractivity contribution < 1.29 is 9.13 Å². The summed E-state index contributed by atoms with van der Waals surface area (Å²) in [5.74, 6) is 0.174. The molecule has 0 radical (unpaired) electrons. The summed E-state index contributed by atoms with van der Waals surface area (Å²) in [5, 5.41) is 8.71. The van der Waals surface area contributed by atoms with E-state index in [1.165, 1.54) is 6.07 Å². The van der Waals surface area contributed by atoms with E-state index in [1.54, 1.807) is 37.4 Å². The molecule has 1 heterocycles. The fourth-order valence-corrected chi connectivity index (χ4v) is 1.46. The molecule has 0 amide bonds. The molecular formula is C14H11FN2O. The van der Waals surface area contributed by atoms with E-state index in [9.17, 15) is 4.39 Å². The number of ether oxygens (including phenoxy) is 1. The summed E-state index contributed by atoms with van der Waals surface area (Å²) in [5.41, 5.74) is 1.74. The topological polar surface area (TPSA) is 45.9 Å². The number of benzene rings is 1. The van der Waals surface area contributed by atoms with Crippen molar-refractivity contribution in [1.29, 1.82) is 5.26 Å². The van der Waals surface area contributed by atoms with Crippen LogP contribution in [0.15, 0.2) is 36.5 Å². The van der Waals surface area contributed by atoms with E-state index in [-0.39, 0.29) is 12.4 Å². The number of rotatable bonds is 3. The van der Waals surface area contributed by atoms with Gasteiger partial charge in [0.05, 0.1) is 0 Å². The molecule has 2 rings (SSSR count). The maximum atomic E-state index is 13.3. The minimum absolute atomic E-state index is 0.277. The normalized spacial score (nSPS) is 9.83. The molecule has 0 atom stereocenters. The largest absolute Gasteiger partial charge is 0.489 e. The van der Waals surface area contributed by atoms with Gasteiger partial charge in [0.15, 0.2) is 0 Å². The lowest BCUT2D eigenvalue weighted by atomic mass is 10.2. The highest BCUT2D eigenvalue weighted by atomic mass is 19.1. The van der Waals surface area contributed by atoms with Gasteiger partial charge in [0.25, 0.3) is 0 Å². The first-order valence-electron chi connectivity index (χ1n) is 5.43. The maximum absolute atomic E-state index is 13.3. The second kappa shape index (κ2) is 5.28. The van der Waals surface area contributed by atoms with Gasteiger partial charge in [-0.3, -0.25) is 0 Å². The van der Waals surface area contributed by atoms with E-state index in [0.717, 1.165) is 5.56 Å². The summed E-state index contributed by atoms with van der Waals surface area (Å²) in [6.07, 6.45) is 1.55. The highest BCUT2D eigenvalue weighted by molar-refractivity contribution is 5.29. The summed E-state index contributed by atoms with van der Waals surface area (Å²) < 4.78 is 18.7. The van der Waals surface area contributed by atoms with Crippen LogP contribution >= 0.6 is 0 Å². The summed E-state index contributed by atoms with van der Waals surface area (Å²) in [6.45, 7) is 1.97. The van der Waals surface area contributed by atoms with Crippen molar-refractivity contribution in [3.63, 3.8) is 0 Å². The summed E-state index contributed by atoms with van der Waals surface area (Å²) in [6, 6.07) is 10.1. The van der Waals surface area contributed by atoms with E-state index in [4.69, 9.17) is 10.00 Å². The Labute approximate surface area is 104 Å². The second-order valence-electron chi connectivity index (χ2n) is 3.86. The number of aromatic nitrogens is 1. The minimum Gasteiger partial charge on any atom is -0.489 e. The van der Waals surface area contributed by atoms with Gasteiger partial charge >= 0.3 is 0 Å². The van der Waals surface area contributed by atoms with Gasteiger partial charge in [0.1, 0.15) is 29.9 Å². The lowest BCUT2D eigenvalue weighted by molar-refractivity contribution is 0.304. The molecule has 0 saturated carbocycles. The van der Waals surface area contributed by atoms with Crippen LogP contribution in [-0.2, 0) is 6.61 Å². The molecule has 0 spiro atoms. The zero-order valence-electron chi connectivity index (χ0n) is 9.85. The SMILES string of the molecule is Cc1ccc(OCc2ccnc(C#N)c2)cc1F. The second-order valence-corrected chi connectivity index (χ2v) is 3.86. The van der Waals surface area contributed by atoms with Crippen LogP contribution < -0.4 is 4.74 Å². The van der Waals surface area contributed by atoms with Crippen LogP contribution in [0.4, 0.5) is 4.39 Å². The van der Waals surface area contributed by atoms with E-state index in [0.29, 0.717) is 17.0 Å². The third-order valence-corrected chi connectivity index (χ3v) is 2.49. The Kier molecular flexibility index (Phi) is 3.54. The van der Waals surface area contributed by atoms with Crippen molar-refractivity contribution in [3.8, 4) is 11.8 Å². The van der Waals surface area contributed by atoms with Crippen LogP contribution in [0.25, 0.3) is 0 Å². The summed E-state index contributed by atoms with van der Waals surface area (Å²) >= 11 is 0. The Morgan fingerprint density at radius 3 is 2.89 bits per heavy atom. The van der Waals surface area contributed by atoms with Gasteiger partial charge in [-0.05, 0) is 36.2 Å². The Balaban J connectivity index is 2.07. The average molecular weight is 242 g/mol. The van der Waals surface area contributed by atoms with Gasteiger partial charge in [-0.15, -0.1) is 0 Å². The first-order chi connectivity index (χ1) is 8.69. The third kappa shape index (κ3) is 2.83. The van der Waals surface area contributed by atoms with Crippen LogP contribution in [0.5, 0.6) is 5.75 Å². The molecule has 0 unspecified atom stereocenters. The number of halogens is 1. The fraction of sp³-hybridized carbons (Fsp3) is 0.143. The first-order valence-corrected chi connectivity index (χ1v) is 5.43. The smallest absolute Gasteiger partial charge is 0.140 e. The number of nitrogens with zero attached hydrogens (tertiary/aromatic N) is 2. The molecule has 0 aliphatic heterocycles. The Morgan fingerprint density at radius 2 is 2.17 bits per heavy atom. The predicted octanol–water partition coefficient (Wildman–Crippen LogP) is 2.98. The molecule has 90 valence electrons. The fourth-order valence-electron chi connectivity index (χ4n) is 1.46. The van der Waals surface area contributed by atoms with E-state index in [2.05, 4.69) is 4.98 Å². The molecule has 0 bridgehead atoms. The first kappa shape index (κ1) is 12.1. The van der Waals surface area contributed by atoms with E-state index < -0.39 is 0 Å².